The van der Waals surface area contributed by atoms with E-state index in [1.54, 1.807) is 12.1 Å². The van der Waals surface area contributed by atoms with E-state index < -0.39 is 24.1 Å². The molecule has 0 unspecified atom stereocenters. The van der Waals surface area contributed by atoms with Crippen LogP contribution in [0, 0.1) is 17.6 Å². The van der Waals surface area contributed by atoms with Gasteiger partial charge >= 0.3 is 0 Å². The van der Waals surface area contributed by atoms with Crippen LogP contribution in [0.15, 0.2) is 48.3 Å². The largest absolute Gasteiger partial charge is 0.490 e. The van der Waals surface area contributed by atoms with Gasteiger partial charge in [0.15, 0.2) is 11.6 Å². The summed E-state index contributed by atoms with van der Waals surface area (Å²) in [6.07, 6.45) is 10.1. The predicted octanol–water partition coefficient (Wildman–Crippen LogP) is 8.81. The maximum atomic E-state index is 14.4. The fourth-order valence-electron chi connectivity index (χ4n) is 4.81. The van der Waals surface area contributed by atoms with Gasteiger partial charge in [-0.05, 0) is 98.8 Å². The molecule has 0 N–H and O–H groups in total. The van der Waals surface area contributed by atoms with Gasteiger partial charge in [-0.25, -0.2) is 13.2 Å². The molecule has 0 radical (unpaired) electrons. The molecule has 3 rings (SSSR count). The van der Waals surface area contributed by atoms with Crippen molar-refractivity contribution in [1.82, 2.24) is 0 Å². The molecule has 1 fully saturated rings. The molecular weight excluding hydrogens is 440 g/mol. The molecule has 0 spiro atoms. The smallest absolute Gasteiger partial charge is 0.200 e. The molecule has 5 heteroatoms. The van der Waals surface area contributed by atoms with Crippen LogP contribution in [0.2, 0.25) is 0 Å². The maximum Gasteiger partial charge on any atom is 0.200 e. The molecule has 2 aromatic carbocycles. The van der Waals surface area contributed by atoms with Gasteiger partial charge in [0.2, 0.25) is 5.82 Å². The summed E-state index contributed by atoms with van der Waals surface area (Å²) in [5.41, 5.74) is 3.00. The standard InChI is InChI=1S/C29H36F4O/c1-2-19-34-27-18-17-25(28(32)29(27)33)16-11-22-9-14-24(15-10-22)23-12-7-21(8-13-23)5-3-4-6-26(31)20-30/h6-8,12-13,17-18,22,24H,2-5,9-11,14-16,19-20H2,1H3/b26-6-. The Kier molecular flexibility index (Phi) is 10.5. The van der Waals surface area contributed by atoms with Crippen LogP contribution in [0.5, 0.6) is 5.75 Å². The Morgan fingerprint density at radius 1 is 0.971 bits per heavy atom. The normalized spacial score (nSPS) is 18.8. The summed E-state index contributed by atoms with van der Waals surface area (Å²) in [4.78, 5) is 0. The second kappa shape index (κ2) is 13.6. The van der Waals surface area contributed by atoms with Crippen molar-refractivity contribution in [2.24, 2.45) is 5.92 Å². The van der Waals surface area contributed by atoms with Crippen molar-refractivity contribution >= 4 is 0 Å². The van der Waals surface area contributed by atoms with Gasteiger partial charge in [0, 0.05) is 0 Å². The van der Waals surface area contributed by atoms with Gasteiger partial charge in [-0.2, -0.15) is 4.39 Å². The average molecular weight is 477 g/mol. The number of hydrogen-bond acceptors (Lipinski definition) is 1. The van der Waals surface area contributed by atoms with Crippen molar-refractivity contribution in [3.8, 4) is 5.75 Å². The van der Waals surface area contributed by atoms with Crippen molar-refractivity contribution in [2.45, 2.75) is 77.0 Å². The molecule has 2 aromatic rings. The van der Waals surface area contributed by atoms with E-state index in [0.717, 1.165) is 51.4 Å². The van der Waals surface area contributed by atoms with Crippen LogP contribution in [-0.4, -0.2) is 13.3 Å². The summed E-state index contributed by atoms with van der Waals surface area (Å²) in [7, 11) is 0. The quantitative estimate of drug-likeness (QED) is 0.220. The molecule has 186 valence electrons. The zero-order valence-corrected chi connectivity index (χ0v) is 20.1. The molecule has 0 aliphatic heterocycles. The zero-order valence-electron chi connectivity index (χ0n) is 20.1. The van der Waals surface area contributed by atoms with Crippen LogP contribution in [-0.2, 0) is 12.8 Å². The van der Waals surface area contributed by atoms with Crippen LogP contribution in [0.4, 0.5) is 17.6 Å². The van der Waals surface area contributed by atoms with Gasteiger partial charge in [0.25, 0.3) is 0 Å². The highest BCUT2D eigenvalue weighted by molar-refractivity contribution is 5.31. The molecular formula is C29H36F4O. The SMILES string of the molecule is CCCOc1ccc(CCC2CCC(c3ccc(CCC/C=C(\F)CF)cc3)CC2)c(F)c1F. The highest BCUT2D eigenvalue weighted by Gasteiger charge is 2.23. The third-order valence-electron chi connectivity index (χ3n) is 6.87. The van der Waals surface area contributed by atoms with E-state index in [-0.39, 0.29) is 5.75 Å². The number of unbranched alkanes of at least 4 members (excludes halogenated alkanes) is 1. The Hall–Kier alpha value is -2.30. The van der Waals surface area contributed by atoms with Gasteiger partial charge in [-0.3, -0.25) is 0 Å². The molecule has 1 nitrogen and oxygen atoms in total. The Bertz CT molecular complexity index is 914. The van der Waals surface area contributed by atoms with E-state index >= 15 is 0 Å². The first-order valence-electron chi connectivity index (χ1n) is 12.6. The summed E-state index contributed by atoms with van der Waals surface area (Å²) >= 11 is 0. The highest BCUT2D eigenvalue weighted by atomic mass is 19.2. The van der Waals surface area contributed by atoms with E-state index in [0.29, 0.717) is 36.8 Å². The van der Waals surface area contributed by atoms with Crippen molar-refractivity contribution < 1.29 is 22.3 Å². The fourth-order valence-corrected chi connectivity index (χ4v) is 4.81. The Labute approximate surface area is 201 Å². The number of benzene rings is 2. The Balaban J connectivity index is 1.42. The molecule has 1 saturated carbocycles. The molecule has 0 amide bonds. The predicted molar refractivity (Wildman–Crippen MR) is 130 cm³/mol. The number of aryl methyl sites for hydroxylation is 2. The van der Waals surface area contributed by atoms with Crippen molar-refractivity contribution in [2.75, 3.05) is 13.3 Å². The summed E-state index contributed by atoms with van der Waals surface area (Å²) in [6, 6.07) is 11.9. The van der Waals surface area contributed by atoms with E-state index in [9.17, 15) is 17.6 Å². The minimum atomic E-state index is -1.02. The maximum absolute atomic E-state index is 14.4. The van der Waals surface area contributed by atoms with Crippen molar-refractivity contribution in [1.29, 1.82) is 0 Å². The fraction of sp³-hybridized carbons (Fsp3) is 0.517. The lowest BCUT2D eigenvalue weighted by molar-refractivity contribution is 0.293. The lowest BCUT2D eigenvalue weighted by atomic mass is 9.76. The molecule has 1 aliphatic carbocycles. The number of alkyl halides is 1. The number of ether oxygens (including phenoxy) is 1. The Morgan fingerprint density at radius 3 is 2.38 bits per heavy atom. The number of allylic oxidation sites excluding steroid dienone is 2. The number of hydrogen-bond donors (Lipinski definition) is 0. The summed E-state index contributed by atoms with van der Waals surface area (Å²) in [6.45, 7) is 1.28. The van der Waals surface area contributed by atoms with Gasteiger partial charge in [0.05, 0.1) is 6.61 Å². The first kappa shape index (κ1) is 26.3. The van der Waals surface area contributed by atoms with E-state index in [4.69, 9.17) is 4.74 Å². The van der Waals surface area contributed by atoms with E-state index in [1.807, 2.05) is 6.92 Å². The lowest BCUT2D eigenvalue weighted by Gasteiger charge is -2.29. The van der Waals surface area contributed by atoms with Crippen molar-refractivity contribution in [3.05, 3.63) is 76.6 Å². The molecule has 0 heterocycles. The highest BCUT2D eigenvalue weighted by Crippen LogP contribution is 2.38. The molecule has 34 heavy (non-hydrogen) atoms. The minimum Gasteiger partial charge on any atom is -0.490 e. The molecule has 1 aliphatic rings. The van der Waals surface area contributed by atoms with E-state index in [2.05, 4.69) is 24.3 Å². The third-order valence-corrected chi connectivity index (χ3v) is 6.87. The third kappa shape index (κ3) is 7.61. The van der Waals surface area contributed by atoms with Crippen LogP contribution in [0.1, 0.15) is 80.9 Å². The number of halogens is 4. The molecule has 0 bridgehead atoms. The summed E-state index contributed by atoms with van der Waals surface area (Å²) in [5.74, 6) is -1.26. The van der Waals surface area contributed by atoms with Crippen LogP contribution in [0.3, 0.4) is 0 Å². The molecule has 0 saturated heterocycles. The second-order valence-corrected chi connectivity index (χ2v) is 9.37. The Morgan fingerprint density at radius 2 is 1.71 bits per heavy atom. The zero-order chi connectivity index (χ0) is 24.3. The van der Waals surface area contributed by atoms with E-state index in [1.165, 1.54) is 17.2 Å². The molecule has 0 atom stereocenters. The van der Waals surface area contributed by atoms with Crippen LogP contribution < -0.4 is 4.74 Å². The second-order valence-electron chi connectivity index (χ2n) is 9.37. The van der Waals surface area contributed by atoms with Gasteiger partial charge in [0.1, 0.15) is 12.5 Å². The minimum absolute atomic E-state index is 0.00263. The molecule has 0 aromatic heterocycles. The van der Waals surface area contributed by atoms with Crippen molar-refractivity contribution in [3.63, 3.8) is 0 Å². The topological polar surface area (TPSA) is 9.23 Å². The monoisotopic (exact) mass is 476 g/mol. The first-order valence-corrected chi connectivity index (χ1v) is 12.6. The van der Waals surface area contributed by atoms with Gasteiger partial charge < -0.3 is 4.74 Å². The summed E-state index contributed by atoms with van der Waals surface area (Å²) in [5, 5.41) is 0. The summed E-state index contributed by atoms with van der Waals surface area (Å²) < 4.78 is 58.8. The van der Waals surface area contributed by atoms with Gasteiger partial charge in [-0.15, -0.1) is 0 Å². The number of rotatable bonds is 12. The van der Waals surface area contributed by atoms with Crippen LogP contribution in [0.25, 0.3) is 0 Å². The lowest BCUT2D eigenvalue weighted by Crippen LogP contribution is -2.14. The van der Waals surface area contributed by atoms with Crippen LogP contribution >= 0.6 is 0 Å². The first-order chi connectivity index (χ1) is 16.5. The average Bonchev–Trinajstić information content (AvgIpc) is 2.87. The van der Waals surface area contributed by atoms with Gasteiger partial charge in [-0.1, -0.05) is 43.3 Å².